The van der Waals surface area contributed by atoms with Crippen LogP contribution in [0.4, 0.5) is 0 Å². The fraction of sp³-hybridized carbons (Fsp3) is 0.192. The molecule has 0 saturated carbocycles. The molecule has 1 heterocycles. The molecule has 0 spiro atoms. The number of hydrogen-bond acceptors (Lipinski definition) is 4. The molecule has 0 saturated heterocycles. The summed E-state index contributed by atoms with van der Waals surface area (Å²) in [6, 6.07) is 19.3. The third kappa shape index (κ3) is 2.96. The number of hydrogen-bond donors (Lipinski definition) is 1. The van der Waals surface area contributed by atoms with Crippen LogP contribution in [0.25, 0.3) is 5.57 Å². The Morgan fingerprint density at radius 3 is 2.58 bits per heavy atom. The quantitative estimate of drug-likeness (QED) is 0.635. The summed E-state index contributed by atoms with van der Waals surface area (Å²) in [4.78, 5) is 12.7. The molecular formula is C26H22O5. The second kappa shape index (κ2) is 7.51. The summed E-state index contributed by atoms with van der Waals surface area (Å²) in [7, 11) is 1.61. The standard InChI is InChI=1S/C26H22O5/c1-3-15-7-6-9-18-22(15)23(16-11-12-20-21(13-16)31-14-30-20)25(26(27)28)24(18)17-8-4-5-10-19(17)29-2/h4-13,24H,3,14H2,1-2H3,(H,27,28). The van der Waals surface area contributed by atoms with E-state index in [1.54, 1.807) is 7.11 Å². The number of para-hydroxylation sites is 1. The molecule has 0 radical (unpaired) electrons. The number of aryl methyl sites for hydroxylation is 1. The molecule has 1 N–H and O–H groups in total. The van der Waals surface area contributed by atoms with Gasteiger partial charge >= 0.3 is 5.97 Å². The topological polar surface area (TPSA) is 65.0 Å². The van der Waals surface area contributed by atoms with Crippen molar-refractivity contribution in [2.45, 2.75) is 19.3 Å². The Kier molecular flexibility index (Phi) is 4.66. The zero-order valence-corrected chi connectivity index (χ0v) is 17.3. The van der Waals surface area contributed by atoms with Gasteiger partial charge in [0.05, 0.1) is 12.7 Å². The van der Waals surface area contributed by atoms with Gasteiger partial charge in [0.2, 0.25) is 6.79 Å². The van der Waals surface area contributed by atoms with Crippen LogP contribution in [0.3, 0.4) is 0 Å². The molecule has 0 aromatic heterocycles. The average Bonchev–Trinajstić information content (AvgIpc) is 3.40. The van der Waals surface area contributed by atoms with Gasteiger partial charge in [0, 0.05) is 17.1 Å². The second-order valence-electron chi connectivity index (χ2n) is 7.57. The van der Waals surface area contributed by atoms with E-state index in [0.29, 0.717) is 22.8 Å². The lowest BCUT2D eigenvalue weighted by Crippen LogP contribution is -2.11. The summed E-state index contributed by atoms with van der Waals surface area (Å²) in [6.07, 6.45) is 0.794. The lowest BCUT2D eigenvalue weighted by molar-refractivity contribution is -0.132. The van der Waals surface area contributed by atoms with E-state index in [1.165, 1.54) is 0 Å². The highest BCUT2D eigenvalue weighted by Crippen LogP contribution is 2.52. The lowest BCUT2D eigenvalue weighted by Gasteiger charge is -2.18. The normalized spacial score (nSPS) is 16.4. The predicted molar refractivity (Wildman–Crippen MR) is 117 cm³/mol. The second-order valence-corrected chi connectivity index (χ2v) is 7.57. The van der Waals surface area contributed by atoms with Crippen molar-refractivity contribution in [1.29, 1.82) is 0 Å². The van der Waals surface area contributed by atoms with Crippen LogP contribution in [-0.4, -0.2) is 25.0 Å². The summed E-state index contributed by atoms with van der Waals surface area (Å²) < 4.78 is 16.6. The van der Waals surface area contributed by atoms with Gasteiger partial charge in [-0.3, -0.25) is 0 Å². The number of carboxylic acids is 1. The molecule has 3 aromatic carbocycles. The van der Waals surface area contributed by atoms with E-state index in [2.05, 4.69) is 13.0 Å². The number of fused-ring (bicyclic) bond motifs is 2. The van der Waals surface area contributed by atoms with Gasteiger partial charge in [-0.25, -0.2) is 4.79 Å². The fourth-order valence-electron chi connectivity index (χ4n) is 4.70. The molecule has 31 heavy (non-hydrogen) atoms. The summed E-state index contributed by atoms with van der Waals surface area (Å²) in [5.74, 6) is 0.596. The molecule has 3 aromatic rings. The van der Waals surface area contributed by atoms with E-state index < -0.39 is 11.9 Å². The number of methoxy groups -OCH3 is 1. The largest absolute Gasteiger partial charge is 0.496 e. The first-order valence-corrected chi connectivity index (χ1v) is 10.3. The lowest BCUT2D eigenvalue weighted by atomic mass is 9.87. The number of carbonyl (C=O) groups is 1. The van der Waals surface area contributed by atoms with Gasteiger partial charge in [-0.2, -0.15) is 0 Å². The van der Waals surface area contributed by atoms with Crippen molar-refractivity contribution >= 4 is 11.5 Å². The minimum Gasteiger partial charge on any atom is -0.496 e. The van der Waals surface area contributed by atoms with Crippen LogP contribution < -0.4 is 14.2 Å². The van der Waals surface area contributed by atoms with E-state index in [0.717, 1.165) is 39.8 Å². The number of aliphatic carboxylic acids is 1. The molecule has 1 unspecified atom stereocenters. The Morgan fingerprint density at radius 1 is 1.03 bits per heavy atom. The molecule has 5 rings (SSSR count). The Hall–Kier alpha value is -3.73. The highest BCUT2D eigenvalue weighted by atomic mass is 16.7. The molecule has 2 aliphatic rings. The van der Waals surface area contributed by atoms with E-state index >= 15 is 0 Å². The number of carboxylic acid groups (broad SMARTS) is 1. The minimum absolute atomic E-state index is 0.171. The van der Waals surface area contributed by atoms with Crippen LogP contribution in [-0.2, 0) is 11.2 Å². The minimum atomic E-state index is -0.943. The first-order valence-electron chi connectivity index (χ1n) is 10.3. The van der Waals surface area contributed by atoms with Crippen molar-refractivity contribution in [3.63, 3.8) is 0 Å². The monoisotopic (exact) mass is 414 g/mol. The fourth-order valence-corrected chi connectivity index (χ4v) is 4.70. The van der Waals surface area contributed by atoms with E-state index in [-0.39, 0.29) is 6.79 Å². The highest BCUT2D eigenvalue weighted by Gasteiger charge is 2.39. The van der Waals surface area contributed by atoms with Crippen LogP contribution in [0.2, 0.25) is 0 Å². The maximum Gasteiger partial charge on any atom is 0.333 e. The van der Waals surface area contributed by atoms with Gasteiger partial charge in [0.25, 0.3) is 0 Å². The van der Waals surface area contributed by atoms with Crippen LogP contribution >= 0.6 is 0 Å². The Labute approximate surface area is 180 Å². The van der Waals surface area contributed by atoms with E-state index in [4.69, 9.17) is 14.2 Å². The van der Waals surface area contributed by atoms with Gasteiger partial charge in [-0.05, 0) is 46.9 Å². The summed E-state index contributed by atoms with van der Waals surface area (Å²) in [6.45, 7) is 2.26. The third-order valence-corrected chi connectivity index (χ3v) is 6.02. The molecule has 1 aliphatic heterocycles. The van der Waals surface area contributed by atoms with Crippen molar-refractivity contribution in [3.05, 3.63) is 94.1 Å². The van der Waals surface area contributed by atoms with Crippen molar-refractivity contribution in [2.24, 2.45) is 0 Å². The Morgan fingerprint density at radius 2 is 1.81 bits per heavy atom. The van der Waals surface area contributed by atoms with Crippen molar-refractivity contribution in [3.8, 4) is 17.2 Å². The molecule has 0 fully saturated rings. The molecule has 0 amide bonds. The average molecular weight is 414 g/mol. The summed E-state index contributed by atoms with van der Waals surface area (Å²) in [5.41, 5.74) is 5.80. The van der Waals surface area contributed by atoms with E-state index in [9.17, 15) is 9.90 Å². The molecule has 0 bridgehead atoms. The predicted octanol–water partition coefficient (Wildman–Crippen LogP) is 5.02. The molecular weight excluding hydrogens is 392 g/mol. The first-order chi connectivity index (χ1) is 15.1. The highest BCUT2D eigenvalue weighted by molar-refractivity contribution is 6.07. The summed E-state index contributed by atoms with van der Waals surface area (Å²) >= 11 is 0. The third-order valence-electron chi connectivity index (χ3n) is 6.02. The van der Waals surface area contributed by atoms with Gasteiger partial charge in [-0.15, -0.1) is 0 Å². The van der Waals surface area contributed by atoms with E-state index in [1.807, 2.05) is 54.6 Å². The van der Waals surface area contributed by atoms with Gasteiger partial charge in [0.15, 0.2) is 11.5 Å². The molecule has 1 aliphatic carbocycles. The first kappa shape index (κ1) is 19.2. The maximum atomic E-state index is 12.7. The number of rotatable bonds is 5. The van der Waals surface area contributed by atoms with Crippen molar-refractivity contribution < 1.29 is 24.1 Å². The smallest absolute Gasteiger partial charge is 0.333 e. The SMILES string of the molecule is CCc1cccc2c1C(c1ccc3c(c1)OCO3)=C(C(=O)O)C2c1ccccc1OC. The molecule has 1 atom stereocenters. The van der Waals surface area contributed by atoms with Crippen LogP contribution in [0.1, 0.15) is 40.7 Å². The number of ether oxygens (including phenoxy) is 3. The zero-order chi connectivity index (χ0) is 21.5. The number of benzene rings is 3. The van der Waals surface area contributed by atoms with Gasteiger partial charge < -0.3 is 19.3 Å². The maximum absolute atomic E-state index is 12.7. The van der Waals surface area contributed by atoms with Gasteiger partial charge in [0.1, 0.15) is 5.75 Å². The van der Waals surface area contributed by atoms with Crippen molar-refractivity contribution in [1.82, 2.24) is 0 Å². The van der Waals surface area contributed by atoms with Crippen molar-refractivity contribution in [2.75, 3.05) is 13.9 Å². The molecule has 5 heteroatoms. The van der Waals surface area contributed by atoms with Crippen LogP contribution in [0.5, 0.6) is 17.2 Å². The Bertz CT molecular complexity index is 1220. The molecule has 156 valence electrons. The van der Waals surface area contributed by atoms with Crippen LogP contribution in [0.15, 0.2) is 66.2 Å². The Balaban J connectivity index is 1.84. The zero-order valence-electron chi connectivity index (χ0n) is 17.3. The van der Waals surface area contributed by atoms with Crippen LogP contribution in [0, 0.1) is 0 Å². The summed E-state index contributed by atoms with van der Waals surface area (Å²) in [5, 5.41) is 10.4. The molecule has 5 nitrogen and oxygen atoms in total. The van der Waals surface area contributed by atoms with Gasteiger partial charge in [-0.1, -0.05) is 49.4 Å².